The zero-order valence-electron chi connectivity index (χ0n) is 5.59. The average Bonchev–Trinajstić information content (AvgIpc) is 1.84. The van der Waals surface area contributed by atoms with E-state index in [-0.39, 0.29) is 6.23 Å². The summed E-state index contributed by atoms with van der Waals surface area (Å²) in [6, 6.07) is 0. The minimum absolute atomic E-state index is 0.0208. The Kier molecular flexibility index (Phi) is 3.19. The topological polar surface area (TPSA) is 24.8 Å². The van der Waals surface area contributed by atoms with Crippen molar-refractivity contribution in [3.05, 3.63) is 0 Å². The molecule has 0 aromatic heterocycles. The molecule has 0 saturated heterocycles. The maximum atomic E-state index is 4.89. The molecule has 0 amide bonds. The molecule has 0 heterocycles. The molecule has 0 rings (SSSR count). The number of hydrogen-bond acceptors (Lipinski definition) is 3. The minimum atomic E-state index is 0.0208. The first-order valence-corrected chi connectivity index (χ1v) is 2.44. The third-order valence-corrected chi connectivity index (χ3v) is 1.09. The number of ether oxygens (including phenoxy) is 1. The number of nitrogens with zero attached hydrogens (tertiary/aromatic N) is 2. The molecule has 0 N–H and O–H groups in total. The summed E-state index contributed by atoms with van der Waals surface area (Å²) in [5.41, 5.74) is 0. The fraction of sp³-hybridized carbons (Fsp3) is 0.800. The zero-order chi connectivity index (χ0) is 6.57. The van der Waals surface area contributed by atoms with Crippen LogP contribution in [0.25, 0.3) is 0 Å². The smallest absolute Gasteiger partial charge is 0.142 e. The fourth-order valence-electron chi connectivity index (χ4n) is 0.268. The Balaban J connectivity index is 3.44. The van der Waals surface area contributed by atoms with Crippen LogP contribution in [0.1, 0.15) is 6.92 Å². The van der Waals surface area contributed by atoms with Gasteiger partial charge in [-0.15, -0.1) is 0 Å². The monoisotopic (exact) mass is 116 g/mol. The number of hydrogen-bond donors (Lipinski definition) is 0. The quantitative estimate of drug-likeness (QED) is 0.305. The normalized spacial score (nSPS) is 12.9. The van der Waals surface area contributed by atoms with E-state index in [0.29, 0.717) is 0 Å². The van der Waals surface area contributed by atoms with Crippen molar-refractivity contribution in [1.82, 2.24) is 5.01 Å². The van der Waals surface area contributed by atoms with Gasteiger partial charge < -0.3 is 4.74 Å². The summed E-state index contributed by atoms with van der Waals surface area (Å²) in [7, 11) is 3.44. The van der Waals surface area contributed by atoms with Gasteiger partial charge >= 0.3 is 0 Å². The molecule has 0 aliphatic carbocycles. The lowest BCUT2D eigenvalue weighted by atomic mass is 10.6. The Hall–Kier alpha value is -0.570. The fourth-order valence-corrected chi connectivity index (χ4v) is 0.268. The largest absolute Gasteiger partial charge is 0.360 e. The second kappa shape index (κ2) is 3.43. The van der Waals surface area contributed by atoms with Crippen molar-refractivity contribution in [2.45, 2.75) is 13.2 Å². The van der Waals surface area contributed by atoms with Gasteiger partial charge in [0.2, 0.25) is 0 Å². The van der Waals surface area contributed by atoms with Crippen LogP contribution in [0, 0.1) is 0 Å². The standard InChI is InChI=1S/C5H12N2O/c1-5(8-4)7(3)6-2/h5H,2H2,1,3-4H3. The van der Waals surface area contributed by atoms with Crippen LogP contribution in [-0.2, 0) is 4.74 Å². The molecular weight excluding hydrogens is 104 g/mol. The average molecular weight is 116 g/mol. The maximum Gasteiger partial charge on any atom is 0.142 e. The third-order valence-electron chi connectivity index (χ3n) is 1.09. The highest BCUT2D eigenvalue weighted by Crippen LogP contribution is 1.92. The van der Waals surface area contributed by atoms with E-state index >= 15 is 0 Å². The molecule has 0 spiro atoms. The molecule has 0 aromatic rings. The number of rotatable bonds is 3. The first kappa shape index (κ1) is 7.43. The van der Waals surface area contributed by atoms with Crippen LogP contribution in [0.4, 0.5) is 0 Å². The van der Waals surface area contributed by atoms with E-state index in [9.17, 15) is 0 Å². The summed E-state index contributed by atoms with van der Waals surface area (Å²) in [4.78, 5) is 0. The second-order valence-corrected chi connectivity index (χ2v) is 1.55. The van der Waals surface area contributed by atoms with Gasteiger partial charge in [0.05, 0.1) is 0 Å². The van der Waals surface area contributed by atoms with E-state index < -0.39 is 0 Å². The Morgan fingerprint density at radius 3 is 2.38 bits per heavy atom. The van der Waals surface area contributed by atoms with E-state index in [4.69, 9.17) is 4.74 Å². The Labute approximate surface area is 49.9 Å². The lowest BCUT2D eigenvalue weighted by Crippen LogP contribution is -2.24. The maximum absolute atomic E-state index is 4.89. The van der Waals surface area contributed by atoms with Gasteiger partial charge in [-0.1, -0.05) is 0 Å². The number of methoxy groups -OCH3 is 1. The predicted molar refractivity (Wildman–Crippen MR) is 33.8 cm³/mol. The molecular formula is C5H12N2O. The van der Waals surface area contributed by atoms with Gasteiger partial charge in [0.25, 0.3) is 0 Å². The number of hydrazone groups is 1. The molecule has 0 saturated carbocycles. The summed E-state index contributed by atoms with van der Waals surface area (Å²) >= 11 is 0. The molecule has 1 atom stereocenters. The molecule has 0 radical (unpaired) electrons. The van der Waals surface area contributed by atoms with Crippen molar-refractivity contribution in [3.63, 3.8) is 0 Å². The first-order valence-electron chi connectivity index (χ1n) is 2.44. The minimum Gasteiger partial charge on any atom is -0.360 e. The van der Waals surface area contributed by atoms with Crippen molar-refractivity contribution in [3.8, 4) is 0 Å². The van der Waals surface area contributed by atoms with Gasteiger partial charge in [0.15, 0.2) is 0 Å². The van der Waals surface area contributed by atoms with Crippen molar-refractivity contribution in [1.29, 1.82) is 0 Å². The van der Waals surface area contributed by atoms with E-state index in [1.165, 1.54) is 0 Å². The molecule has 0 aromatic carbocycles. The van der Waals surface area contributed by atoms with Gasteiger partial charge in [-0.2, -0.15) is 5.10 Å². The van der Waals surface area contributed by atoms with Crippen LogP contribution in [-0.4, -0.2) is 32.1 Å². The van der Waals surface area contributed by atoms with Crippen molar-refractivity contribution in [2.24, 2.45) is 5.10 Å². The van der Waals surface area contributed by atoms with Crippen molar-refractivity contribution in [2.75, 3.05) is 14.2 Å². The SMILES string of the molecule is C=NN(C)C(C)OC. The summed E-state index contributed by atoms with van der Waals surface area (Å²) in [5.74, 6) is 0. The van der Waals surface area contributed by atoms with Crippen LogP contribution >= 0.6 is 0 Å². The summed E-state index contributed by atoms with van der Waals surface area (Å²) in [6.07, 6.45) is 0.0208. The van der Waals surface area contributed by atoms with Crippen molar-refractivity contribution < 1.29 is 4.74 Å². The highest BCUT2D eigenvalue weighted by Gasteiger charge is 1.99. The van der Waals surface area contributed by atoms with Crippen LogP contribution in [0.2, 0.25) is 0 Å². The first-order chi connectivity index (χ1) is 3.72. The molecule has 0 aliphatic heterocycles. The molecule has 3 nitrogen and oxygen atoms in total. The highest BCUT2D eigenvalue weighted by atomic mass is 16.5. The van der Waals surface area contributed by atoms with E-state index in [1.807, 2.05) is 6.92 Å². The predicted octanol–water partition coefficient (Wildman–Crippen LogP) is 0.526. The second-order valence-electron chi connectivity index (χ2n) is 1.55. The summed E-state index contributed by atoms with van der Waals surface area (Å²) in [5, 5.41) is 5.26. The van der Waals surface area contributed by atoms with Crippen LogP contribution in [0.5, 0.6) is 0 Å². The summed E-state index contributed by atoms with van der Waals surface area (Å²) < 4.78 is 4.89. The molecule has 1 unspecified atom stereocenters. The van der Waals surface area contributed by atoms with Crippen molar-refractivity contribution >= 4 is 6.72 Å². The Morgan fingerprint density at radius 1 is 1.75 bits per heavy atom. The zero-order valence-corrected chi connectivity index (χ0v) is 5.59. The van der Waals surface area contributed by atoms with Crippen LogP contribution < -0.4 is 0 Å². The molecule has 0 fully saturated rings. The van der Waals surface area contributed by atoms with Crippen LogP contribution in [0.3, 0.4) is 0 Å². The molecule has 0 bridgehead atoms. The van der Waals surface area contributed by atoms with E-state index in [0.717, 1.165) is 0 Å². The van der Waals surface area contributed by atoms with E-state index in [1.54, 1.807) is 19.2 Å². The lowest BCUT2D eigenvalue weighted by Gasteiger charge is -2.18. The van der Waals surface area contributed by atoms with Gasteiger partial charge in [0.1, 0.15) is 6.23 Å². The van der Waals surface area contributed by atoms with Gasteiger partial charge in [-0.05, 0) is 6.92 Å². The van der Waals surface area contributed by atoms with Gasteiger partial charge in [-0.3, -0.25) is 5.01 Å². The van der Waals surface area contributed by atoms with Gasteiger partial charge in [-0.25, -0.2) is 0 Å². The van der Waals surface area contributed by atoms with E-state index in [2.05, 4.69) is 11.8 Å². The lowest BCUT2D eigenvalue weighted by molar-refractivity contribution is -0.00126. The molecule has 3 heteroatoms. The van der Waals surface area contributed by atoms with Crippen LogP contribution in [0.15, 0.2) is 5.10 Å². The Morgan fingerprint density at radius 2 is 2.25 bits per heavy atom. The molecule has 8 heavy (non-hydrogen) atoms. The molecule has 0 aliphatic rings. The molecule has 48 valence electrons. The van der Waals surface area contributed by atoms with Gasteiger partial charge in [0, 0.05) is 20.9 Å². The summed E-state index contributed by atoms with van der Waals surface area (Å²) in [6.45, 7) is 5.22. The Bertz CT molecular complexity index is 74.8. The highest BCUT2D eigenvalue weighted by molar-refractivity contribution is 5.22. The third kappa shape index (κ3) is 1.93.